The van der Waals surface area contributed by atoms with Crippen molar-refractivity contribution in [1.29, 1.82) is 0 Å². The van der Waals surface area contributed by atoms with Crippen molar-refractivity contribution in [1.82, 2.24) is 14.8 Å². The van der Waals surface area contributed by atoms with Gasteiger partial charge in [-0.15, -0.1) is 0 Å². The molecule has 0 saturated heterocycles. The number of nitrogens with zero attached hydrogens (tertiary/aromatic N) is 4. The first-order chi connectivity index (χ1) is 14.0. The van der Waals surface area contributed by atoms with Gasteiger partial charge >= 0.3 is 5.97 Å². The van der Waals surface area contributed by atoms with Crippen LogP contribution in [0.15, 0.2) is 47.8 Å². The molecule has 29 heavy (non-hydrogen) atoms. The number of methoxy groups -OCH3 is 1. The van der Waals surface area contributed by atoms with Gasteiger partial charge < -0.3 is 14.3 Å². The average molecular weight is 398 g/mol. The molecule has 0 saturated carbocycles. The summed E-state index contributed by atoms with van der Waals surface area (Å²) in [5.74, 6) is -0.106. The molecule has 9 heteroatoms. The first-order valence-electron chi connectivity index (χ1n) is 8.63. The lowest BCUT2D eigenvalue weighted by molar-refractivity contribution is 0.0600. The van der Waals surface area contributed by atoms with Crippen LogP contribution in [0.2, 0.25) is 0 Å². The third kappa shape index (κ3) is 4.95. The molecule has 0 aliphatic rings. The summed E-state index contributed by atoms with van der Waals surface area (Å²) >= 11 is 0. The number of oxime groups is 1. The summed E-state index contributed by atoms with van der Waals surface area (Å²) in [4.78, 5) is 20.8. The average Bonchev–Trinajstić information content (AvgIpc) is 2.98. The van der Waals surface area contributed by atoms with E-state index in [0.29, 0.717) is 34.1 Å². The largest absolute Gasteiger partial charge is 0.465 e. The number of pyridine rings is 1. The smallest absolute Gasteiger partial charge is 0.339 e. The molecular weight excluding hydrogens is 379 g/mol. The van der Waals surface area contributed by atoms with Crippen molar-refractivity contribution in [2.75, 3.05) is 7.11 Å². The van der Waals surface area contributed by atoms with E-state index in [2.05, 4.69) is 20.0 Å². The molecule has 0 amide bonds. The van der Waals surface area contributed by atoms with Gasteiger partial charge in [-0.3, -0.25) is 4.98 Å². The lowest BCUT2D eigenvalue weighted by atomic mass is 10.2. The lowest BCUT2D eigenvalue weighted by Gasteiger charge is -2.07. The molecule has 0 atom stereocenters. The van der Waals surface area contributed by atoms with E-state index in [4.69, 9.17) is 9.57 Å². The molecule has 0 aliphatic heterocycles. The summed E-state index contributed by atoms with van der Waals surface area (Å²) < 4.78 is 25.3. The van der Waals surface area contributed by atoms with E-state index >= 15 is 0 Å². The van der Waals surface area contributed by atoms with Crippen LogP contribution in [-0.2, 0) is 23.2 Å². The zero-order valence-corrected chi connectivity index (χ0v) is 16.1. The van der Waals surface area contributed by atoms with Gasteiger partial charge in [0.25, 0.3) is 0 Å². The van der Waals surface area contributed by atoms with E-state index in [-0.39, 0.29) is 6.61 Å². The number of carbonyl (C=O) groups is 1. The maximum Gasteiger partial charge on any atom is 0.339 e. The molecule has 8 nitrogen and oxygen atoms in total. The fourth-order valence-corrected chi connectivity index (χ4v) is 2.51. The van der Waals surface area contributed by atoms with E-state index in [9.17, 15) is 9.18 Å². The number of benzene rings is 1. The number of aromatic nitrogens is 3. The van der Waals surface area contributed by atoms with Crippen LogP contribution in [0, 0.1) is 12.7 Å². The highest BCUT2D eigenvalue weighted by molar-refractivity contribution is 5.88. The summed E-state index contributed by atoms with van der Waals surface area (Å²) in [5.41, 5.74) is 2.22. The van der Waals surface area contributed by atoms with Crippen LogP contribution in [-0.4, -0.2) is 34.1 Å². The van der Waals surface area contributed by atoms with E-state index in [1.54, 1.807) is 38.2 Å². The number of esters is 1. The van der Waals surface area contributed by atoms with Crippen molar-refractivity contribution in [3.8, 4) is 11.6 Å². The Balaban J connectivity index is 1.67. The van der Waals surface area contributed by atoms with Gasteiger partial charge in [0.15, 0.2) is 6.61 Å². The minimum absolute atomic E-state index is 0.108. The zero-order valence-electron chi connectivity index (χ0n) is 16.1. The van der Waals surface area contributed by atoms with Crippen molar-refractivity contribution >= 4 is 12.2 Å². The second-order valence-corrected chi connectivity index (χ2v) is 6.03. The second kappa shape index (κ2) is 8.96. The van der Waals surface area contributed by atoms with Gasteiger partial charge in [0.2, 0.25) is 5.88 Å². The number of aryl methyl sites for hydroxylation is 2. The Bertz CT molecular complexity index is 1030. The monoisotopic (exact) mass is 398 g/mol. The molecule has 0 N–H and O–H groups in total. The normalized spacial score (nSPS) is 10.9. The summed E-state index contributed by atoms with van der Waals surface area (Å²) in [6.07, 6.45) is 2.88. The molecule has 0 fully saturated rings. The van der Waals surface area contributed by atoms with E-state index in [1.807, 2.05) is 0 Å². The molecule has 1 aromatic carbocycles. The Hall–Kier alpha value is -3.75. The van der Waals surface area contributed by atoms with Crippen LogP contribution in [0.25, 0.3) is 0 Å². The second-order valence-electron chi connectivity index (χ2n) is 6.03. The molecule has 150 valence electrons. The third-order valence-corrected chi connectivity index (χ3v) is 3.94. The minimum Gasteiger partial charge on any atom is -0.465 e. The van der Waals surface area contributed by atoms with Crippen molar-refractivity contribution in [2.45, 2.75) is 13.5 Å². The Kier molecular flexibility index (Phi) is 6.18. The number of rotatable bonds is 7. The molecule has 0 radical (unpaired) electrons. The summed E-state index contributed by atoms with van der Waals surface area (Å²) in [5, 5.41) is 8.24. The molecule has 2 aromatic heterocycles. The van der Waals surface area contributed by atoms with Gasteiger partial charge in [0.05, 0.1) is 35.8 Å². The fourth-order valence-electron chi connectivity index (χ4n) is 2.51. The predicted molar refractivity (Wildman–Crippen MR) is 102 cm³/mol. The predicted octanol–water partition coefficient (Wildman–Crippen LogP) is 3.39. The Morgan fingerprint density at radius 2 is 2.14 bits per heavy atom. The number of hydrogen-bond donors (Lipinski definition) is 0. The maximum atomic E-state index is 13.4. The van der Waals surface area contributed by atoms with Gasteiger partial charge in [-0.2, -0.15) is 5.10 Å². The Morgan fingerprint density at radius 3 is 2.83 bits per heavy atom. The van der Waals surface area contributed by atoms with Gasteiger partial charge in [-0.25, -0.2) is 13.9 Å². The van der Waals surface area contributed by atoms with Crippen molar-refractivity contribution in [3.05, 3.63) is 70.9 Å². The van der Waals surface area contributed by atoms with Crippen LogP contribution in [0.1, 0.15) is 27.3 Å². The SMILES string of the molecule is COC(=O)c1ccc(CO/N=C\c2c(C)nn(C)c2Oc2cccc(F)c2)nc1. The van der Waals surface area contributed by atoms with Gasteiger partial charge in [-0.1, -0.05) is 11.2 Å². The first-order valence-corrected chi connectivity index (χ1v) is 8.63. The molecule has 2 heterocycles. The zero-order chi connectivity index (χ0) is 20.8. The number of carbonyl (C=O) groups excluding carboxylic acids is 1. The summed E-state index contributed by atoms with van der Waals surface area (Å²) in [6.45, 7) is 1.91. The van der Waals surface area contributed by atoms with Gasteiger partial charge in [-0.05, 0) is 31.2 Å². The topological polar surface area (TPSA) is 87.8 Å². The van der Waals surface area contributed by atoms with E-state index in [0.717, 1.165) is 0 Å². The van der Waals surface area contributed by atoms with Crippen LogP contribution >= 0.6 is 0 Å². The molecule has 3 rings (SSSR count). The van der Waals surface area contributed by atoms with Crippen LogP contribution in [0.4, 0.5) is 4.39 Å². The molecule has 0 aliphatic carbocycles. The molecule has 0 bridgehead atoms. The van der Waals surface area contributed by atoms with Gasteiger partial charge in [0.1, 0.15) is 11.6 Å². The van der Waals surface area contributed by atoms with Crippen LogP contribution in [0.3, 0.4) is 0 Å². The highest BCUT2D eigenvalue weighted by Crippen LogP contribution is 2.26. The minimum atomic E-state index is -0.458. The van der Waals surface area contributed by atoms with Crippen molar-refractivity contribution < 1.29 is 23.5 Å². The molecule has 0 spiro atoms. The van der Waals surface area contributed by atoms with Crippen LogP contribution < -0.4 is 4.74 Å². The number of ether oxygens (including phenoxy) is 2. The third-order valence-electron chi connectivity index (χ3n) is 3.94. The maximum absolute atomic E-state index is 13.4. The highest BCUT2D eigenvalue weighted by atomic mass is 19.1. The van der Waals surface area contributed by atoms with Crippen molar-refractivity contribution in [3.63, 3.8) is 0 Å². The highest BCUT2D eigenvalue weighted by Gasteiger charge is 2.14. The number of hydrogen-bond acceptors (Lipinski definition) is 7. The molecule has 3 aromatic rings. The van der Waals surface area contributed by atoms with Crippen molar-refractivity contribution in [2.24, 2.45) is 12.2 Å². The van der Waals surface area contributed by atoms with Gasteiger partial charge in [0, 0.05) is 19.3 Å². The van der Waals surface area contributed by atoms with Crippen LogP contribution in [0.5, 0.6) is 11.6 Å². The Labute approximate surface area is 166 Å². The quantitative estimate of drug-likeness (QED) is 0.344. The first kappa shape index (κ1) is 20.0. The molecule has 0 unspecified atom stereocenters. The van der Waals surface area contributed by atoms with E-state index in [1.165, 1.54) is 36.3 Å². The Morgan fingerprint density at radius 1 is 1.31 bits per heavy atom. The number of halogens is 1. The molecular formula is C20H19FN4O4. The van der Waals surface area contributed by atoms with E-state index < -0.39 is 11.8 Å². The summed E-state index contributed by atoms with van der Waals surface area (Å²) in [7, 11) is 3.02. The lowest BCUT2D eigenvalue weighted by Crippen LogP contribution is -2.02. The summed E-state index contributed by atoms with van der Waals surface area (Å²) in [6, 6.07) is 9.06. The fraction of sp³-hybridized carbons (Fsp3) is 0.200. The standard InChI is InChI=1S/C20H19FN4O4/c1-13-18(19(25(2)24-13)29-17-6-4-5-15(21)9-17)11-23-28-12-16-8-7-14(10-22-16)20(26)27-3/h4-11H,12H2,1-3H3/b23-11-.